The molecule has 0 amide bonds. The third kappa shape index (κ3) is 37.6. The van der Waals surface area contributed by atoms with Gasteiger partial charge in [0.1, 0.15) is 0 Å². The number of hydrogen-bond acceptors (Lipinski definition) is 6. The van der Waals surface area contributed by atoms with Crippen LogP contribution in [0.5, 0.6) is 0 Å². The zero-order valence-corrected chi connectivity index (χ0v) is 37.3. The molecule has 308 valence electrons. The number of rotatable bonds is 24. The smallest absolute Gasteiger partial charge is 0.294 e. The van der Waals surface area contributed by atoms with Gasteiger partial charge in [-0.25, -0.2) is 0 Å². The third-order valence-corrected chi connectivity index (χ3v) is 10.0. The van der Waals surface area contributed by atoms with Crippen LogP contribution in [-0.4, -0.2) is 48.4 Å². The summed E-state index contributed by atoms with van der Waals surface area (Å²) in [6.45, 7) is 11.4. The van der Waals surface area contributed by atoms with E-state index in [-0.39, 0.29) is 43.7 Å². The minimum atomic E-state index is -4.10. The molecular formula is C42H76O8S2Ti. The number of unbranched alkanes of at least 4 members (excludes halogenated alkanes) is 18. The third-order valence-electron chi connectivity index (χ3n) is 8.10. The molecule has 0 aliphatic heterocycles. The summed E-state index contributed by atoms with van der Waals surface area (Å²) in [4.78, 5) is 0.122. The number of benzene rings is 2. The van der Waals surface area contributed by atoms with Gasteiger partial charge in [0.05, 0.1) is 9.79 Å². The summed E-state index contributed by atoms with van der Waals surface area (Å²) < 4.78 is 63.6. The van der Waals surface area contributed by atoms with Gasteiger partial charge in [0.15, 0.2) is 0 Å². The van der Waals surface area contributed by atoms with Crippen LogP contribution in [0, 0.1) is 0 Å². The van der Waals surface area contributed by atoms with Crippen molar-refractivity contribution in [2.75, 3.05) is 0 Å². The quantitative estimate of drug-likeness (QED) is 0.0464. The Bertz CT molecular complexity index is 1210. The van der Waals surface area contributed by atoms with Gasteiger partial charge in [0.2, 0.25) is 0 Å². The number of hydrogen-bond donors (Lipinski definition) is 4. The molecule has 0 aliphatic rings. The van der Waals surface area contributed by atoms with E-state index in [9.17, 15) is 25.9 Å². The summed E-state index contributed by atoms with van der Waals surface area (Å²) in [5, 5.41) is 16.1. The molecule has 0 spiro atoms. The van der Waals surface area contributed by atoms with Gasteiger partial charge in [-0.05, 0) is 76.6 Å². The molecule has 0 heterocycles. The Balaban J connectivity index is -0.000000771. The summed E-state index contributed by atoms with van der Waals surface area (Å²) >= 11 is 0. The average Bonchev–Trinajstić information content (AvgIpc) is 3.06. The topological polar surface area (TPSA) is 149 Å². The summed E-state index contributed by atoms with van der Waals surface area (Å²) in [5.41, 5.74) is 1.45. The largest absolute Gasteiger partial charge is 0.394 e. The molecule has 0 bridgehead atoms. The maximum Gasteiger partial charge on any atom is 0.294 e. The molecule has 0 saturated carbocycles. The van der Waals surface area contributed by atoms with Crippen molar-refractivity contribution in [3.8, 4) is 0 Å². The van der Waals surface area contributed by atoms with Gasteiger partial charge >= 0.3 is 0 Å². The summed E-state index contributed by atoms with van der Waals surface area (Å²) in [7, 11) is -8.19. The van der Waals surface area contributed by atoms with Gasteiger partial charge in [-0.2, -0.15) is 16.8 Å². The predicted octanol–water partition coefficient (Wildman–Crippen LogP) is 11.6. The number of aryl methyl sites for hydroxylation is 2. The molecule has 0 fully saturated rings. The van der Waals surface area contributed by atoms with Crippen LogP contribution in [0.4, 0.5) is 0 Å². The van der Waals surface area contributed by atoms with Crippen molar-refractivity contribution in [3.05, 3.63) is 59.7 Å². The predicted molar refractivity (Wildman–Crippen MR) is 218 cm³/mol. The second-order valence-electron chi connectivity index (χ2n) is 14.2. The Hall–Kier alpha value is -1.11. The average molecular weight is 821 g/mol. The second kappa shape index (κ2) is 36.5. The fraction of sp³-hybridized carbons (Fsp3) is 0.714. The standard InChI is InChI=1S/2C18H30O3S.2C3H8O.Ti/c2*1-2-3-4-5-6-7-8-9-10-11-14-17-15-12-13-16-18(17)22(19,20)21;2*1-3(2)4;/h2*12-13,15-16H,2-11,14H2,1H3,(H,19,20,21);2*3-4H,1-2H3;. The van der Waals surface area contributed by atoms with Crippen LogP contribution >= 0.6 is 0 Å². The molecular weight excluding hydrogens is 744 g/mol. The van der Waals surface area contributed by atoms with Crippen molar-refractivity contribution in [2.24, 2.45) is 0 Å². The van der Waals surface area contributed by atoms with Gasteiger partial charge < -0.3 is 10.2 Å². The molecule has 0 unspecified atom stereocenters. The molecule has 11 heteroatoms. The summed E-state index contributed by atoms with van der Waals surface area (Å²) in [5.74, 6) is 0. The maximum absolute atomic E-state index is 11.3. The SMILES string of the molecule is CC(C)O.CC(C)O.CCCCCCCCCCCCc1ccccc1S(=O)(=O)O.CCCCCCCCCCCCc1ccccc1S(=O)(=O)O.[Ti]. The molecule has 0 radical (unpaired) electrons. The molecule has 2 aromatic carbocycles. The van der Waals surface area contributed by atoms with Gasteiger partial charge in [0.25, 0.3) is 20.2 Å². The normalized spacial score (nSPS) is 11.1. The molecule has 2 aromatic rings. The van der Waals surface area contributed by atoms with Crippen LogP contribution < -0.4 is 0 Å². The van der Waals surface area contributed by atoms with Crippen LogP contribution in [0.25, 0.3) is 0 Å². The first-order chi connectivity index (χ1) is 24.6. The minimum Gasteiger partial charge on any atom is -0.394 e. The van der Waals surface area contributed by atoms with Gasteiger partial charge in [-0.3, -0.25) is 9.11 Å². The molecule has 8 nitrogen and oxygen atoms in total. The van der Waals surface area contributed by atoms with Gasteiger partial charge in [-0.15, -0.1) is 0 Å². The van der Waals surface area contributed by atoms with E-state index in [4.69, 9.17) is 10.2 Å². The van der Waals surface area contributed by atoms with E-state index < -0.39 is 20.2 Å². The molecule has 0 aromatic heterocycles. The first-order valence-electron chi connectivity index (χ1n) is 20.0. The fourth-order valence-electron chi connectivity index (χ4n) is 5.53. The molecule has 0 saturated heterocycles. The van der Waals surface area contributed by atoms with Crippen molar-refractivity contribution in [3.63, 3.8) is 0 Å². The number of aliphatic hydroxyl groups excluding tert-OH is 2. The van der Waals surface area contributed by atoms with Crippen LogP contribution in [-0.2, 0) is 54.8 Å². The van der Waals surface area contributed by atoms with E-state index >= 15 is 0 Å². The minimum absolute atomic E-state index is 0. The van der Waals surface area contributed by atoms with Crippen molar-refractivity contribution in [1.29, 1.82) is 0 Å². The molecule has 4 N–H and O–H groups in total. The van der Waals surface area contributed by atoms with Crippen molar-refractivity contribution in [2.45, 2.75) is 205 Å². The molecule has 0 aliphatic carbocycles. The summed E-state index contributed by atoms with van der Waals surface area (Å²) in [6, 6.07) is 13.5. The Kier molecular flexibility index (Phi) is 38.8. The first kappa shape index (κ1) is 56.2. The van der Waals surface area contributed by atoms with E-state index in [1.54, 1.807) is 52.0 Å². The van der Waals surface area contributed by atoms with Crippen molar-refractivity contribution < 1.29 is 57.9 Å². The van der Waals surface area contributed by atoms with Crippen LogP contribution in [0.1, 0.15) is 181 Å². The number of aliphatic hydroxyl groups is 2. The Labute approximate surface area is 340 Å². The maximum atomic E-state index is 11.3. The zero-order chi connectivity index (χ0) is 39.7. The molecule has 0 atom stereocenters. The second-order valence-corrected chi connectivity index (χ2v) is 17.0. The monoisotopic (exact) mass is 820 g/mol. The van der Waals surface area contributed by atoms with Crippen molar-refractivity contribution in [1.82, 2.24) is 0 Å². The fourth-order valence-corrected chi connectivity index (χ4v) is 7.03. The Morgan fingerprint density at radius 3 is 0.868 bits per heavy atom. The van der Waals surface area contributed by atoms with Crippen LogP contribution in [0.3, 0.4) is 0 Å². The van der Waals surface area contributed by atoms with E-state index in [2.05, 4.69) is 13.8 Å². The Morgan fingerprint density at radius 1 is 0.434 bits per heavy atom. The summed E-state index contributed by atoms with van der Waals surface area (Å²) in [6.07, 6.45) is 26.3. The van der Waals surface area contributed by atoms with E-state index in [1.165, 1.54) is 115 Å². The van der Waals surface area contributed by atoms with E-state index in [0.29, 0.717) is 12.8 Å². The van der Waals surface area contributed by atoms with Crippen LogP contribution in [0.15, 0.2) is 58.3 Å². The van der Waals surface area contributed by atoms with Gasteiger partial charge in [-0.1, -0.05) is 166 Å². The first-order valence-corrected chi connectivity index (χ1v) is 22.9. The van der Waals surface area contributed by atoms with Crippen molar-refractivity contribution >= 4 is 20.2 Å². The molecule has 53 heavy (non-hydrogen) atoms. The van der Waals surface area contributed by atoms with Crippen LogP contribution in [0.2, 0.25) is 0 Å². The molecule has 2 rings (SSSR count). The van der Waals surface area contributed by atoms with E-state index in [1.807, 2.05) is 12.1 Å². The Morgan fingerprint density at radius 2 is 0.642 bits per heavy atom. The van der Waals surface area contributed by atoms with E-state index in [0.717, 1.165) is 36.8 Å². The zero-order valence-electron chi connectivity index (χ0n) is 34.1. The van der Waals surface area contributed by atoms with Gasteiger partial charge in [0, 0.05) is 33.9 Å².